The Bertz CT molecular complexity index is 980. The molecule has 146 valence electrons. The van der Waals surface area contributed by atoms with Gasteiger partial charge in [-0.3, -0.25) is 0 Å². The summed E-state index contributed by atoms with van der Waals surface area (Å²) in [5.41, 5.74) is 0.593. The van der Waals surface area contributed by atoms with Crippen molar-refractivity contribution >= 4 is 23.2 Å². The van der Waals surface area contributed by atoms with Crippen molar-refractivity contribution in [2.75, 3.05) is 6.61 Å². The van der Waals surface area contributed by atoms with Crippen molar-refractivity contribution in [2.45, 2.75) is 25.4 Å². The molecule has 0 aliphatic carbocycles. The number of benzene rings is 2. The first-order chi connectivity index (χ1) is 13.4. The smallest absolute Gasteiger partial charge is 0.215 e. The van der Waals surface area contributed by atoms with Gasteiger partial charge in [0, 0.05) is 10.6 Å². The molecule has 1 aromatic heterocycles. The molecule has 2 aromatic carbocycles. The van der Waals surface area contributed by atoms with Crippen LogP contribution in [-0.2, 0) is 21.8 Å². The molecule has 2 atom stereocenters. The van der Waals surface area contributed by atoms with Gasteiger partial charge < -0.3 is 18.8 Å². The van der Waals surface area contributed by atoms with Crippen LogP contribution in [-0.4, -0.2) is 22.3 Å². The van der Waals surface area contributed by atoms with E-state index in [1.807, 2.05) is 6.92 Å². The first-order valence-electron chi connectivity index (χ1n) is 8.66. The summed E-state index contributed by atoms with van der Waals surface area (Å²) >= 11 is 12.4. The molecule has 3 aromatic rings. The highest BCUT2D eigenvalue weighted by Crippen LogP contribution is 2.41. The number of aromatic nitrogens is 2. The topological polar surface area (TPSA) is 45.5 Å². The van der Waals surface area contributed by atoms with Gasteiger partial charge in [0.2, 0.25) is 11.7 Å². The Morgan fingerprint density at radius 2 is 1.96 bits per heavy atom. The molecule has 2 heterocycles. The van der Waals surface area contributed by atoms with Crippen LogP contribution in [0, 0.1) is 5.95 Å². The predicted molar refractivity (Wildman–Crippen MR) is 103 cm³/mol. The van der Waals surface area contributed by atoms with Crippen LogP contribution in [0.25, 0.3) is 0 Å². The van der Waals surface area contributed by atoms with Crippen molar-refractivity contribution in [3.63, 3.8) is 0 Å². The zero-order valence-corrected chi connectivity index (χ0v) is 16.5. The summed E-state index contributed by atoms with van der Waals surface area (Å²) in [4.78, 5) is 3.81. The molecule has 0 saturated carbocycles. The first kappa shape index (κ1) is 19.2. The summed E-state index contributed by atoms with van der Waals surface area (Å²) in [7, 11) is 0. The number of hydrogen-bond acceptors (Lipinski definition) is 4. The predicted octanol–water partition coefficient (Wildman–Crippen LogP) is 5.41. The molecule has 2 unspecified atom stereocenters. The molecule has 1 aliphatic heterocycles. The molecule has 1 saturated heterocycles. The number of halogens is 3. The van der Waals surface area contributed by atoms with E-state index in [0.717, 1.165) is 6.20 Å². The maximum Gasteiger partial charge on any atom is 0.215 e. The Hall–Kier alpha value is -2.12. The van der Waals surface area contributed by atoms with Gasteiger partial charge in [-0.1, -0.05) is 23.2 Å². The van der Waals surface area contributed by atoms with Crippen molar-refractivity contribution in [1.29, 1.82) is 0 Å². The minimum atomic E-state index is -1.21. The number of rotatable bonds is 5. The van der Waals surface area contributed by atoms with Gasteiger partial charge >= 0.3 is 0 Å². The lowest BCUT2D eigenvalue weighted by Crippen LogP contribution is -2.34. The zero-order chi connectivity index (χ0) is 19.7. The summed E-state index contributed by atoms with van der Waals surface area (Å²) in [5, 5.41) is 1.01. The fourth-order valence-electron chi connectivity index (χ4n) is 3.11. The zero-order valence-electron chi connectivity index (χ0n) is 14.9. The summed E-state index contributed by atoms with van der Waals surface area (Å²) in [6.45, 7) is 2.34. The Morgan fingerprint density at radius 3 is 2.57 bits per heavy atom. The van der Waals surface area contributed by atoms with Gasteiger partial charge in [0.15, 0.2) is 0 Å². The van der Waals surface area contributed by atoms with Crippen LogP contribution in [0.15, 0.2) is 55.0 Å². The van der Waals surface area contributed by atoms with Gasteiger partial charge in [0.25, 0.3) is 0 Å². The lowest BCUT2D eigenvalue weighted by molar-refractivity contribution is -0.186. The second kappa shape index (κ2) is 7.72. The van der Waals surface area contributed by atoms with Crippen LogP contribution in [0.2, 0.25) is 10.0 Å². The highest BCUT2D eigenvalue weighted by molar-refractivity contribution is 6.31. The number of hydrogen-bond donors (Lipinski definition) is 0. The van der Waals surface area contributed by atoms with E-state index < -0.39 is 11.7 Å². The minimum Gasteiger partial charge on any atom is -0.457 e. The Labute approximate surface area is 171 Å². The molecule has 4 rings (SSSR count). The summed E-state index contributed by atoms with van der Waals surface area (Å²) in [5.74, 6) is -0.516. The average molecular weight is 423 g/mol. The van der Waals surface area contributed by atoms with E-state index in [1.54, 1.807) is 42.5 Å². The SMILES string of the molecule is CC1COC(Cn2cncc2F)(c2ccc(Oc3ccc(Cl)cc3)cc2Cl)O1. The van der Waals surface area contributed by atoms with E-state index in [9.17, 15) is 4.39 Å². The quantitative estimate of drug-likeness (QED) is 0.551. The fourth-order valence-corrected chi connectivity index (χ4v) is 3.55. The second-order valence-corrected chi connectivity index (χ2v) is 7.38. The van der Waals surface area contributed by atoms with Crippen molar-refractivity contribution in [2.24, 2.45) is 0 Å². The Balaban J connectivity index is 1.63. The van der Waals surface area contributed by atoms with Crippen molar-refractivity contribution < 1.29 is 18.6 Å². The molecule has 28 heavy (non-hydrogen) atoms. The maximum atomic E-state index is 13.9. The molecular formula is C20H17Cl2FN2O3. The van der Waals surface area contributed by atoms with Gasteiger partial charge in [0.1, 0.15) is 11.5 Å². The molecule has 1 aliphatic rings. The third kappa shape index (κ3) is 3.86. The highest BCUT2D eigenvalue weighted by atomic mass is 35.5. The molecule has 0 spiro atoms. The van der Waals surface area contributed by atoms with Crippen molar-refractivity contribution in [3.8, 4) is 11.5 Å². The lowest BCUT2D eigenvalue weighted by Gasteiger charge is -2.29. The normalized spacial score (nSPS) is 21.8. The van der Waals surface area contributed by atoms with Crippen LogP contribution < -0.4 is 4.74 Å². The van der Waals surface area contributed by atoms with Crippen LogP contribution in [0.1, 0.15) is 12.5 Å². The van der Waals surface area contributed by atoms with Gasteiger partial charge in [-0.25, -0.2) is 4.98 Å². The minimum absolute atomic E-state index is 0.0836. The Morgan fingerprint density at radius 1 is 1.21 bits per heavy atom. The molecule has 0 radical (unpaired) electrons. The van der Waals surface area contributed by atoms with Gasteiger partial charge in [-0.15, -0.1) is 0 Å². The molecule has 0 bridgehead atoms. The average Bonchev–Trinajstić information content (AvgIpc) is 3.23. The molecule has 5 nitrogen and oxygen atoms in total. The van der Waals surface area contributed by atoms with Crippen molar-refractivity contribution in [1.82, 2.24) is 9.55 Å². The molecule has 0 amide bonds. The largest absolute Gasteiger partial charge is 0.457 e. The van der Waals surface area contributed by atoms with Crippen molar-refractivity contribution in [3.05, 3.63) is 76.5 Å². The lowest BCUT2D eigenvalue weighted by atomic mass is 10.0. The van der Waals surface area contributed by atoms with Crippen LogP contribution in [0.3, 0.4) is 0 Å². The van der Waals surface area contributed by atoms with E-state index in [1.165, 1.54) is 10.9 Å². The van der Waals surface area contributed by atoms with E-state index in [2.05, 4.69) is 4.98 Å². The van der Waals surface area contributed by atoms with E-state index >= 15 is 0 Å². The monoisotopic (exact) mass is 422 g/mol. The van der Waals surface area contributed by atoms with E-state index in [0.29, 0.717) is 33.7 Å². The van der Waals surface area contributed by atoms with Gasteiger partial charge in [0.05, 0.1) is 36.8 Å². The summed E-state index contributed by atoms with van der Waals surface area (Å²) in [6.07, 6.45) is 2.36. The van der Waals surface area contributed by atoms with Crippen LogP contribution in [0.4, 0.5) is 4.39 Å². The highest BCUT2D eigenvalue weighted by Gasteiger charge is 2.44. The van der Waals surface area contributed by atoms with E-state index in [4.69, 9.17) is 37.4 Å². The standard InChI is InChI=1S/C20H17Cl2FN2O3/c1-13-10-26-20(28-13,11-25-12-24-9-19(25)23)17-7-6-16(8-18(17)22)27-15-4-2-14(21)3-5-15/h2-9,12-13H,10-11H2,1H3. The third-order valence-corrected chi connectivity index (χ3v) is 4.95. The maximum absolute atomic E-state index is 13.9. The molecule has 1 fully saturated rings. The summed E-state index contributed by atoms with van der Waals surface area (Å²) < 4.78 is 33.1. The third-order valence-electron chi connectivity index (χ3n) is 4.38. The van der Waals surface area contributed by atoms with Crippen LogP contribution >= 0.6 is 23.2 Å². The summed E-state index contributed by atoms with van der Waals surface area (Å²) in [6, 6.07) is 12.2. The molecule has 8 heteroatoms. The fraction of sp³-hybridized carbons (Fsp3) is 0.250. The molecule has 0 N–H and O–H groups in total. The van der Waals surface area contributed by atoms with Gasteiger partial charge in [-0.2, -0.15) is 4.39 Å². The number of imidazole rings is 1. The first-order valence-corrected chi connectivity index (χ1v) is 9.42. The Kier molecular flexibility index (Phi) is 5.29. The second-order valence-electron chi connectivity index (χ2n) is 6.53. The number of nitrogens with zero attached hydrogens (tertiary/aromatic N) is 2. The molecular weight excluding hydrogens is 406 g/mol. The van der Waals surface area contributed by atoms with Gasteiger partial charge in [-0.05, 0) is 49.4 Å². The van der Waals surface area contributed by atoms with Crippen LogP contribution in [0.5, 0.6) is 11.5 Å². The number of ether oxygens (including phenoxy) is 3. The van der Waals surface area contributed by atoms with E-state index in [-0.39, 0.29) is 12.6 Å².